The molecule has 0 spiro atoms. The van der Waals surface area contributed by atoms with E-state index in [0.29, 0.717) is 6.04 Å². The molecule has 0 aliphatic heterocycles. The lowest BCUT2D eigenvalue weighted by atomic mass is 10.0. The highest BCUT2D eigenvalue weighted by Gasteiger charge is 2.20. The Balaban J connectivity index is 1.45. The summed E-state index contributed by atoms with van der Waals surface area (Å²) in [4.78, 5) is 0. The standard InChI is InChI=1S/C12H21NO/c1-2-4-12(5-3-1)13-8-9-14-10-11-6-7-11/h2,4,11-13H,1,3,5-10H2. The quantitative estimate of drug-likeness (QED) is 0.518. The molecule has 0 aromatic rings. The van der Waals surface area contributed by atoms with Gasteiger partial charge in [0.05, 0.1) is 6.61 Å². The van der Waals surface area contributed by atoms with Gasteiger partial charge in [0, 0.05) is 19.2 Å². The van der Waals surface area contributed by atoms with Gasteiger partial charge in [0.2, 0.25) is 0 Å². The van der Waals surface area contributed by atoms with Crippen molar-refractivity contribution in [1.82, 2.24) is 5.32 Å². The van der Waals surface area contributed by atoms with Gasteiger partial charge in [0.15, 0.2) is 0 Å². The Hall–Kier alpha value is -0.340. The Labute approximate surface area is 86.7 Å². The van der Waals surface area contributed by atoms with Crippen LogP contribution in [-0.4, -0.2) is 25.8 Å². The summed E-state index contributed by atoms with van der Waals surface area (Å²) in [5.41, 5.74) is 0. The first-order valence-corrected chi connectivity index (χ1v) is 5.93. The SMILES string of the molecule is C1=CC(NCCOCC2CC2)CCC1. The van der Waals surface area contributed by atoms with Crippen LogP contribution in [0.2, 0.25) is 0 Å². The van der Waals surface area contributed by atoms with E-state index in [0.717, 1.165) is 25.7 Å². The highest BCUT2D eigenvalue weighted by atomic mass is 16.5. The molecule has 80 valence electrons. The highest BCUT2D eigenvalue weighted by Crippen LogP contribution is 2.28. The van der Waals surface area contributed by atoms with Crippen molar-refractivity contribution >= 4 is 0 Å². The Morgan fingerprint density at radius 3 is 2.93 bits per heavy atom. The lowest BCUT2D eigenvalue weighted by molar-refractivity contribution is 0.125. The van der Waals surface area contributed by atoms with E-state index in [4.69, 9.17) is 4.74 Å². The second kappa shape index (κ2) is 5.52. The summed E-state index contributed by atoms with van der Waals surface area (Å²) in [6, 6.07) is 0.605. The molecule has 2 heteroatoms. The van der Waals surface area contributed by atoms with E-state index in [9.17, 15) is 0 Å². The van der Waals surface area contributed by atoms with Crippen LogP contribution >= 0.6 is 0 Å². The van der Waals surface area contributed by atoms with E-state index in [1.54, 1.807) is 0 Å². The van der Waals surface area contributed by atoms with Gasteiger partial charge >= 0.3 is 0 Å². The molecule has 0 aromatic carbocycles. The fourth-order valence-electron chi connectivity index (χ4n) is 1.83. The molecule has 1 N–H and O–H groups in total. The number of ether oxygens (including phenoxy) is 1. The molecule has 2 aliphatic carbocycles. The summed E-state index contributed by atoms with van der Waals surface area (Å²) in [5, 5.41) is 3.50. The van der Waals surface area contributed by atoms with Crippen LogP contribution in [0.5, 0.6) is 0 Å². The van der Waals surface area contributed by atoms with Crippen LogP contribution in [0.1, 0.15) is 32.1 Å². The van der Waals surface area contributed by atoms with Crippen molar-refractivity contribution in [3.63, 3.8) is 0 Å². The minimum absolute atomic E-state index is 0.605. The lowest BCUT2D eigenvalue weighted by Crippen LogP contribution is -2.31. The Bertz CT molecular complexity index is 187. The minimum atomic E-state index is 0.605. The Morgan fingerprint density at radius 1 is 1.29 bits per heavy atom. The van der Waals surface area contributed by atoms with Crippen LogP contribution in [0.3, 0.4) is 0 Å². The van der Waals surface area contributed by atoms with Crippen LogP contribution in [0.25, 0.3) is 0 Å². The summed E-state index contributed by atoms with van der Waals surface area (Å²) in [5.74, 6) is 0.893. The zero-order valence-electron chi connectivity index (χ0n) is 8.87. The molecule has 2 nitrogen and oxygen atoms in total. The molecule has 0 bridgehead atoms. The summed E-state index contributed by atoms with van der Waals surface area (Å²) in [6.07, 6.45) is 11.2. The maximum absolute atomic E-state index is 5.56. The fraction of sp³-hybridized carbons (Fsp3) is 0.833. The third-order valence-corrected chi connectivity index (χ3v) is 2.96. The molecule has 0 radical (unpaired) electrons. The largest absolute Gasteiger partial charge is 0.380 e. The van der Waals surface area contributed by atoms with E-state index in [2.05, 4.69) is 17.5 Å². The number of allylic oxidation sites excluding steroid dienone is 1. The van der Waals surface area contributed by atoms with Gasteiger partial charge < -0.3 is 10.1 Å². The molecule has 2 aliphatic rings. The van der Waals surface area contributed by atoms with Crippen molar-refractivity contribution in [1.29, 1.82) is 0 Å². The third kappa shape index (κ3) is 3.81. The van der Waals surface area contributed by atoms with Gasteiger partial charge in [0.25, 0.3) is 0 Å². The van der Waals surface area contributed by atoms with Crippen LogP contribution in [-0.2, 0) is 4.74 Å². The molecule has 1 fully saturated rings. The van der Waals surface area contributed by atoms with Crippen LogP contribution in [0.4, 0.5) is 0 Å². The van der Waals surface area contributed by atoms with Gasteiger partial charge in [-0.05, 0) is 38.0 Å². The van der Waals surface area contributed by atoms with E-state index in [-0.39, 0.29) is 0 Å². The van der Waals surface area contributed by atoms with Crippen molar-refractivity contribution in [3.8, 4) is 0 Å². The van der Waals surface area contributed by atoms with Crippen LogP contribution in [0.15, 0.2) is 12.2 Å². The minimum Gasteiger partial charge on any atom is -0.380 e. The van der Waals surface area contributed by atoms with Crippen LogP contribution in [0, 0.1) is 5.92 Å². The predicted octanol–water partition coefficient (Wildman–Crippen LogP) is 2.11. The molecule has 1 unspecified atom stereocenters. The zero-order valence-corrected chi connectivity index (χ0v) is 8.87. The van der Waals surface area contributed by atoms with Gasteiger partial charge in [-0.2, -0.15) is 0 Å². The first kappa shape index (κ1) is 10.2. The molecule has 1 saturated carbocycles. The normalized spacial score (nSPS) is 26.7. The van der Waals surface area contributed by atoms with Crippen molar-refractivity contribution in [2.75, 3.05) is 19.8 Å². The average molecular weight is 195 g/mol. The van der Waals surface area contributed by atoms with Gasteiger partial charge in [-0.15, -0.1) is 0 Å². The zero-order chi connectivity index (χ0) is 9.64. The molecule has 2 rings (SSSR count). The summed E-state index contributed by atoms with van der Waals surface area (Å²) in [7, 11) is 0. The summed E-state index contributed by atoms with van der Waals surface area (Å²) >= 11 is 0. The first-order valence-electron chi connectivity index (χ1n) is 5.93. The average Bonchev–Trinajstić information content (AvgIpc) is 3.03. The maximum atomic E-state index is 5.56. The second-order valence-electron chi connectivity index (χ2n) is 4.44. The highest BCUT2D eigenvalue weighted by molar-refractivity contribution is 4.97. The number of hydrogen-bond donors (Lipinski definition) is 1. The van der Waals surface area contributed by atoms with Gasteiger partial charge in [-0.3, -0.25) is 0 Å². The molecule has 0 heterocycles. The first-order chi connectivity index (χ1) is 6.95. The molecule has 14 heavy (non-hydrogen) atoms. The van der Waals surface area contributed by atoms with Gasteiger partial charge in [-0.25, -0.2) is 0 Å². The second-order valence-corrected chi connectivity index (χ2v) is 4.44. The van der Waals surface area contributed by atoms with Crippen molar-refractivity contribution in [3.05, 3.63) is 12.2 Å². The molecule has 0 amide bonds. The van der Waals surface area contributed by atoms with E-state index >= 15 is 0 Å². The van der Waals surface area contributed by atoms with Crippen molar-refractivity contribution in [2.45, 2.75) is 38.1 Å². The monoisotopic (exact) mass is 195 g/mol. The topological polar surface area (TPSA) is 21.3 Å². The van der Waals surface area contributed by atoms with Crippen molar-refractivity contribution in [2.24, 2.45) is 5.92 Å². The number of nitrogens with one attached hydrogen (secondary N) is 1. The Kier molecular flexibility index (Phi) is 4.02. The lowest BCUT2D eigenvalue weighted by Gasteiger charge is -2.17. The van der Waals surface area contributed by atoms with E-state index in [1.165, 1.54) is 32.1 Å². The number of rotatable bonds is 6. The van der Waals surface area contributed by atoms with Crippen LogP contribution < -0.4 is 5.32 Å². The molecular weight excluding hydrogens is 174 g/mol. The van der Waals surface area contributed by atoms with Gasteiger partial charge in [0.1, 0.15) is 0 Å². The van der Waals surface area contributed by atoms with E-state index < -0.39 is 0 Å². The Morgan fingerprint density at radius 2 is 2.21 bits per heavy atom. The maximum Gasteiger partial charge on any atom is 0.0591 e. The molecular formula is C12H21NO. The van der Waals surface area contributed by atoms with E-state index in [1.807, 2.05) is 0 Å². The molecule has 0 saturated heterocycles. The van der Waals surface area contributed by atoms with Gasteiger partial charge in [-0.1, -0.05) is 12.2 Å². The smallest absolute Gasteiger partial charge is 0.0591 e. The third-order valence-electron chi connectivity index (χ3n) is 2.96. The summed E-state index contributed by atoms with van der Waals surface area (Å²) < 4.78 is 5.56. The predicted molar refractivity (Wildman–Crippen MR) is 58.3 cm³/mol. The molecule has 1 atom stereocenters. The summed E-state index contributed by atoms with van der Waals surface area (Å²) in [6.45, 7) is 2.87. The fourth-order valence-corrected chi connectivity index (χ4v) is 1.83. The number of hydrogen-bond acceptors (Lipinski definition) is 2. The van der Waals surface area contributed by atoms with Crippen molar-refractivity contribution < 1.29 is 4.74 Å². The molecule has 0 aromatic heterocycles.